The van der Waals surface area contributed by atoms with Crippen molar-refractivity contribution in [1.82, 2.24) is 39.6 Å². The van der Waals surface area contributed by atoms with E-state index in [-0.39, 0.29) is 6.17 Å². The molecule has 5 heterocycles. The van der Waals surface area contributed by atoms with Gasteiger partial charge in [0, 0.05) is 36.7 Å². The van der Waals surface area contributed by atoms with E-state index in [0.29, 0.717) is 24.0 Å². The van der Waals surface area contributed by atoms with Crippen molar-refractivity contribution < 1.29 is 0 Å². The van der Waals surface area contributed by atoms with Gasteiger partial charge in [-0.2, -0.15) is 5.10 Å². The van der Waals surface area contributed by atoms with Gasteiger partial charge in [-0.15, -0.1) is 0 Å². The predicted octanol–water partition coefficient (Wildman–Crippen LogP) is 2.96. The van der Waals surface area contributed by atoms with E-state index in [9.17, 15) is 0 Å². The quantitative estimate of drug-likeness (QED) is 0.416. The highest BCUT2D eigenvalue weighted by Crippen LogP contribution is 2.25. The molecule has 0 fully saturated rings. The van der Waals surface area contributed by atoms with Crippen LogP contribution in [-0.2, 0) is 6.54 Å². The van der Waals surface area contributed by atoms with E-state index in [1.54, 1.807) is 18.6 Å². The third-order valence-corrected chi connectivity index (χ3v) is 5.55. The van der Waals surface area contributed by atoms with E-state index in [2.05, 4.69) is 57.8 Å². The number of aryl methyl sites for hydroxylation is 3. The molecule has 1 unspecified atom stereocenters. The summed E-state index contributed by atoms with van der Waals surface area (Å²) < 4.78 is 3.97. The SMILES string of the molecule is CCn1cnc2c(NCC3=CNC(n4nc(C)cc4C)C=C3)nc(-c3ccc(N)nc3)nc21. The number of fused-ring (bicyclic) bond motifs is 1. The number of nitrogen functional groups attached to an aromatic ring is 1. The highest BCUT2D eigenvalue weighted by atomic mass is 15.4. The number of anilines is 2. The Morgan fingerprint density at radius 2 is 2.06 bits per heavy atom. The molecule has 33 heavy (non-hydrogen) atoms. The van der Waals surface area contributed by atoms with Gasteiger partial charge in [0.25, 0.3) is 0 Å². The van der Waals surface area contributed by atoms with Gasteiger partial charge in [-0.05, 0) is 50.6 Å². The van der Waals surface area contributed by atoms with E-state index in [4.69, 9.17) is 15.7 Å². The van der Waals surface area contributed by atoms with Gasteiger partial charge >= 0.3 is 0 Å². The smallest absolute Gasteiger partial charge is 0.166 e. The van der Waals surface area contributed by atoms with Crippen LogP contribution in [0.1, 0.15) is 24.5 Å². The Hall–Kier alpha value is -4.21. The number of dihydropyridines is 1. The minimum atomic E-state index is -0.00178. The van der Waals surface area contributed by atoms with Gasteiger partial charge < -0.3 is 20.9 Å². The van der Waals surface area contributed by atoms with E-state index >= 15 is 0 Å². The molecule has 0 aromatic carbocycles. The molecular weight excluding hydrogens is 416 g/mol. The van der Waals surface area contributed by atoms with Gasteiger partial charge in [-0.1, -0.05) is 6.08 Å². The number of nitrogens with zero attached hydrogens (tertiary/aromatic N) is 7. The number of aromatic nitrogens is 7. The molecule has 0 bridgehead atoms. The zero-order chi connectivity index (χ0) is 22.9. The fourth-order valence-electron chi connectivity index (χ4n) is 3.85. The number of nitrogens with two attached hydrogens (primary N) is 1. The summed E-state index contributed by atoms with van der Waals surface area (Å²) in [6.07, 6.45) is 9.67. The number of imidazole rings is 1. The summed E-state index contributed by atoms with van der Waals surface area (Å²) in [5.74, 6) is 1.71. The molecule has 168 valence electrons. The summed E-state index contributed by atoms with van der Waals surface area (Å²) in [5, 5.41) is 11.4. The second-order valence-corrected chi connectivity index (χ2v) is 7.99. The van der Waals surface area contributed by atoms with Gasteiger partial charge in [0.2, 0.25) is 0 Å². The molecule has 5 rings (SSSR count). The van der Waals surface area contributed by atoms with Crippen LogP contribution >= 0.6 is 0 Å². The normalized spacial score (nSPS) is 15.5. The van der Waals surface area contributed by atoms with E-state index in [1.807, 2.05) is 28.4 Å². The lowest BCUT2D eigenvalue weighted by atomic mass is 10.2. The van der Waals surface area contributed by atoms with E-state index in [1.165, 1.54) is 0 Å². The van der Waals surface area contributed by atoms with Gasteiger partial charge in [-0.3, -0.25) is 0 Å². The Morgan fingerprint density at radius 3 is 2.73 bits per heavy atom. The Morgan fingerprint density at radius 1 is 1.18 bits per heavy atom. The molecule has 10 nitrogen and oxygen atoms in total. The van der Waals surface area contributed by atoms with Crippen molar-refractivity contribution in [2.45, 2.75) is 33.5 Å². The largest absolute Gasteiger partial charge is 0.384 e. The summed E-state index contributed by atoms with van der Waals surface area (Å²) in [6.45, 7) is 7.46. The van der Waals surface area contributed by atoms with Crippen LogP contribution in [-0.4, -0.2) is 40.8 Å². The minimum absolute atomic E-state index is 0.00178. The maximum Gasteiger partial charge on any atom is 0.166 e. The van der Waals surface area contributed by atoms with Crippen LogP contribution in [0.2, 0.25) is 0 Å². The summed E-state index contributed by atoms with van der Waals surface area (Å²) in [6, 6.07) is 5.69. The van der Waals surface area contributed by atoms with Crippen LogP contribution in [0.5, 0.6) is 0 Å². The Bertz CT molecular complexity index is 1360. The first-order valence-electron chi connectivity index (χ1n) is 10.9. The van der Waals surface area contributed by atoms with Crippen molar-refractivity contribution in [3.63, 3.8) is 0 Å². The molecule has 0 radical (unpaired) electrons. The number of rotatable bonds is 6. The van der Waals surface area contributed by atoms with Crippen molar-refractivity contribution in [2.75, 3.05) is 17.6 Å². The summed E-state index contributed by atoms with van der Waals surface area (Å²) in [4.78, 5) is 18.2. The highest BCUT2D eigenvalue weighted by Gasteiger charge is 2.16. The van der Waals surface area contributed by atoms with Gasteiger partial charge in [-0.25, -0.2) is 24.6 Å². The molecule has 4 aromatic heterocycles. The van der Waals surface area contributed by atoms with Crippen molar-refractivity contribution in [3.05, 3.63) is 66.0 Å². The lowest BCUT2D eigenvalue weighted by Crippen LogP contribution is -2.26. The van der Waals surface area contributed by atoms with Gasteiger partial charge in [0.05, 0.1) is 12.0 Å². The Kier molecular flexibility index (Phi) is 5.25. The average Bonchev–Trinajstić information content (AvgIpc) is 3.40. The summed E-state index contributed by atoms with van der Waals surface area (Å²) >= 11 is 0. The summed E-state index contributed by atoms with van der Waals surface area (Å²) in [7, 11) is 0. The molecule has 1 aliphatic heterocycles. The number of pyridine rings is 1. The third kappa shape index (κ3) is 4.02. The van der Waals surface area contributed by atoms with E-state index < -0.39 is 0 Å². The molecular formula is C23H26N10. The Balaban J connectivity index is 1.38. The van der Waals surface area contributed by atoms with E-state index in [0.717, 1.165) is 40.2 Å². The molecule has 4 aromatic rings. The Labute approximate surface area is 191 Å². The second-order valence-electron chi connectivity index (χ2n) is 7.99. The number of hydrogen-bond acceptors (Lipinski definition) is 8. The monoisotopic (exact) mass is 442 g/mol. The fraction of sp³-hybridized carbons (Fsp3) is 0.261. The third-order valence-electron chi connectivity index (χ3n) is 5.55. The standard InChI is InChI=1S/C23H26N10/c1-4-32-13-28-20-22(29-21(30-23(20)32)17-6-7-18(24)25-12-17)27-11-16-5-8-19(26-10-16)33-15(3)9-14(2)31-33/h5-10,12-13,19,26H,4,11H2,1-3H3,(H2,24,25)(H,27,29,30). The van der Waals surface area contributed by atoms with Gasteiger partial charge in [0.1, 0.15) is 17.5 Å². The van der Waals surface area contributed by atoms with Crippen LogP contribution in [0.25, 0.3) is 22.6 Å². The second kappa shape index (κ2) is 8.38. The fourth-order valence-corrected chi connectivity index (χ4v) is 3.85. The van der Waals surface area contributed by atoms with Crippen molar-refractivity contribution in [1.29, 1.82) is 0 Å². The van der Waals surface area contributed by atoms with Crippen LogP contribution in [0.15, 0.2) is 54.6 Å². The molecule has 1 aliphatic rings. The zero-order valence-electron chi connectivity index (χ0n) is 18.8. The van der Waals surface area contributed by atoms with Crippen LogP contribution in [0.4, 0.5) is 11.6 Å². The lowest BCUT2D eigenvalue weighted by Gasteiger charge is -2.21. The van der Waals surface area contributed by atoms with Gasteiger partial charge in [0.15, 0.2) is 17.3 Å². The molecule has 0 aliphatic carbocycles. The maximum atomic E-state index is 5.74. The molecule has 1 atom stereocenters. The average molecular weight is 443 g/mol. The summed E-state index contributed by atoms with van der Waals surface area (Å²) in [5.41, 5.74) is 11.3. The maximum absolute atomic E-state index is 5.74. The number of nitrogens with one attached hydrogen (secondary N) is 2. The van der Waals surface area contributed by atoms with Crippen LogP contribution in [0.3, 0.4) is 0 Å². The molecule has 10 heteroatoms. The molecule has 0 spiro atoms. The molecule has 0 saturated heterocycles. The lowest BCUT2D eigenvalue weighted by molar-refractivity contribution is 0.476. The first-order valence-corrected chi connectivity index (χ1v) is 10.9. The first-order chi connectivity index (χ1) is 16.0. The van der Waals surface area contributed by atoms with Crippen molar-refractivity contribution in [2.24, 2.45) is 0 Å². The number of hydrogen-bond donors (Lipinski definition) is 3. The topological polar surface area (TPSA) is 124 Å². The molecule has 4 N–H and O–H groups in total. The van der Waals surface area contributed by atoms with Crippen LogP contribution in [0, 0.1) is 13.8 Å². The minimum Gasteiger partial charge on any atom is -0.384 e. The molecule has 0 amide bonds. The zero-order valence-corrected chi connectivity index (χ0v) is 18.8. The van der Waals surface area contributed by atoms with Crippen molar-refractivity contribution in [3.8, 4) is 11.4 Å². The predicted molar refractivity (Wildman–Crippen MR) is 128 cm³/mol. The van der Waals surface area contributed by atoms with Crippen LogP contribution < -0.4 is 16.4 Å². The van der Waals surface area contributed by atoms with Crippen molar-refractivity contribution >= 4 is 22.8 Å². The molecule has 0 saturated carbocycles. The first kappa shape index (κ1) is 20.7. The highest BCUT2D eigenvalue weighted by molar-refractivity contribution is 5.85.